The number of carbonyl (C=O) groups is 1. The number of hydrogen-bond acceptors (Lipinski definition) is 6. The van der Waals surface area contributed by atoms with Gasteiger partial charge in [-0.05, 0) is 48.7 Å². The highest BCUT2D eigenvalue weighted by molar-refractivity contribution is 8.01. The molecule has 0 aliphatic heterocycles. The summed E-state index contributed by atoms with van der Waals surface area (Å²) in [6.45, 7) is 2.26. The molecule has 10 heteroatoms. The molecule has 0 bridgehead atoms. The molecule has 1 aromatic carbocycles. The van der Waals surface area contributed by atoms with Gasteiger partial charge in [-0.1, -0.05) is 17.7 Å². The maximum Gasteiger partial charge on any atom is 0.261 e. The number of aryl methyl sites for hydroxylation is 1. The molecule has 0 aliphatic rings. The second-order valence-electron chi connectivity index (χ2n) is 5.58. The van der Waals surface area contributed by atoms with E-state index in [1.807, 2.05) is 19.4 Å². The summed E-state index contributed by atoms with van der Waals surface area (Å²) in [5.74, 6) is -0.171. The lowest BCUT2D eigenvalue weighted by molar-refractivity contribution is 0.102. The van der Waals surface area contributed by atoms with Crippen molar-refractivity contribution in [2.75, 3.05) is 17.8 Å². The maximum atomic E-state index is 13.2. The lowest BCUT2D eigenvalue weighted by atomic mass is 10.2. The van der Waals surface area contributed by atoms with Gasteiger partial charge >= 0.3 is 0 Å². The number of rotatable bonds is 6. The summed E-state index contributed by atoms with van der Waals surface area (Å²) in [5, 5.41) is 8.32. The quantitative estimate of drug-likeness (QED) is 0.532. The van der Waals surface area contributed by atoms with Gasteiger partial charge in [-0.15, -0.1) is 23.5 Å². The summed E-state index contributed by atoms with van der Waals surface area (Å²) in [7, 11) is 0. The molecule has 27 heavy (non-hydrogen) atoms. The predicted octanol–water partition coefficient (Wildman–Crippen LogP) is 5.18. The standard InChI is InChI=1S/C17H16ClFN4OS3/c1-9-6-13(20-15(24)14-16(25-2)22-27-17(14)26-3)21-23(9)8-10-4-5-11(19)7-12(10)18/h4-7H,8H2,1-3H3,(H,20,21,24). The number of carbonyl (C=O) groups excluding carboxylic acids is 1. The molecule has 5 nitrogen and oxygen atoms in total. The van der Waals surface area contributed by atoms with Crippen molar-refractivity contribution in [3.05, 3.63) is 51.9 Å². The van der Waals surface area contributed by atoms with Gasteiger partial charge in [0.05, 0.1) is 16.3 Å². The molecule has 0 unspecified atom stereocenters. The molecule has 0 radical (unpaired) electrons. The molecule has 2 heterocycles. The lowest BCUT2D eigenvalue weighted by Crippen LogP contribution is -2.14. The number of amides is 1. The highest BCUT2D eigenvalue weighted by Crippen LogP contribution is 2.33. The average Bonchev–Trinajstić information content (AvgIpc) is 3.20. The fraction of sp³-hybridized carbons (Fsp3) is 0.235. The van der Waals surface area contributed by atoms with Crippen LogP contribution in [0.3, 0.4) is 0 Å². The van der Waals surface area contributed by atoms with Crippen molar-refractivity contribution in [2.45, 2.75) is 22.7 Å². The molecular weight excluding hydrogens is 427 g/mol. The monoisotopic (exact) mass is 442 g/mol. The minimum atomic E-state index is -0.382. The Morgan fingerprint density at radius 2 is 2.11 bits per heavy atom. The van der Waals surface area contributed by atoms with Crippen LogP contribution >= 0.6 is 46.7 Å². The van der Waals surface area contributed by atoms with Gasteiger partial charge in [0.1, 0.15) is 10.8 Å². The van der Waals surface area contributed by atoms with E-state index in [-0.39, 0.29) is 11.7 Å². The van der Waals surface area contributed by atoms with E-state index >= 15 is 0 Å². The Hall–Kier alpha value is -1.55. The Kier molecular flexibility index (Phi) is 6.46. The van der Waals surface area contributed by atoms with Gasteiger partial charge < -0.3 is 5.32 Å². The summed E-state index contributed by atoms with van der Waals surface area (Å²) < 4.78 is 20.1. The number of hydrogen-bond donors (Lipinski definition) is 1. The van der Waals surface area contributed by atoms with Gasteiger partial charge in [0.2, 0.25) is 0 Å². The Labute approximate surface area is 173 Å². The van der Waals surface area contributed by atoms with Crippen LogP contribution in [0.1, 0.15) is 21.6 Å². The number of nitrogens with one attached hydrogen (secondary N) is 1. The van der Waals surface area contributed by atoms with Crippen molar-refractivity contribution in [3.8, 4) is 0 Å². The number of thioether (sulfide) groups is 2. The van der Waals surface area contributed by atoms with Crippen molar-refractivity contribution >= 4 is 58.4 Å². The van der Waals surface area contributed by atoms with E-state index in [2.05, 4.69) is 14.8 Å². The van der Waals surface area contributed by atoms with Crippen LogP contribution in [0.4, 0.5) is 10.2 Å². The van der Waals surface area contributed by atoms with Crippen molar-refractivity contribution in [1.82, 2.24) is 14.2 Å². The Morgan fingerprint density at radius 1 is 1.33 bits per heavy atom. The first-order chi connectivity index (χ1) is 12.9. The zero-order valence-corrected chi connectivity index (χ0v) is 18.0. The van der Waals surface area contributed by atoms with Gasteiger partial charge in [0.15, 0.2) is 5.82 Å². The molecule has 1 amide bonds. The van der Waals surface area contributed by atoms with Crippen molar-refractivity contribution in [3.63, 3.8) is 0 Å². The highest BCUT2D eigenvalue weighted by Gasteiger charge is 2.21. The van der Waals surface area contributed by atoms with Crippen LogP contribution in [0.15, 0.2) is 33.5 Å². The van der Waals surface area contributed by atoms with Crippen LogP contribution in [0.2, 0.25) is 5.02 Å². The van der Waals surface area contributed by atoms with Crippen LogP contribution in [0, 0.1) is 12.7 Å². The van der Waals surface area contributed by atoms with Crippen LogP contribution in [-0.2, 0) is 6.54 Å². The third-order valence-corrected chi connectivity index (χ3v) is 6.89. The van der Waals surface area contributed by atoms with Crippen molar-refractivity contribution in [1.29, 1.82) is 0 Å². The Morgan fingerprint density at radius 3 is 2.78 bits per heavy atom. The van der Waals surface area contributed by atoms with Crippen LogP contribution < -0.4 is 5.32 Å². The van der Waals surface area contributed by atoms with Gasteiger partial charge in [0.25, 0.3) is 5.91 Å². The molecule has 0 aliphatic carbocycles. The number of halogens is 2. The van der Waals surface area contributed by atoms with E-state index in [0.29, 0.717) is 28.0 Å². The predicted molar refractivity (Wildman–Crippen MR) is 111 cm³/mol. The molecule has 0 spiro atoms. The summed E-state index contributed by atoms with van der Waals surface area (Å²) >= 11 is 10.3. The van der Waals surface area contributed by atoms with Gasteiger partial charge in [0, 0.05) is 16.8 Å². The second-order valence-corrected chi connectivity index (χ2v) is 8.63. The molecule has 0 saturated carbocycles. The number of nitrogens with zero attached hydrogens (tertiary/aromatic N) is 3. The molecule has 3 aromatic rings. The maximum absolute atomic E-state index is 13.2. The van der Waals surface area contributed by atoms with E-state index in [1.165, 1.54) is 47.2 Å². The summed E-state index contributed by atoms with van der Waals surface area (Å²) in [6, 6.07) is 6.05. The van der Waals surface area contributed by atoms with Crippen molar-refractivity contribution < 1.29 is 9.18 Å². The third-order valence-electron chi connectivity index (χ3n) is 3.79. The first-order valence-corrected chi connectivity index (χ1v) is 11.4. The molecule has 0 fully saturated rings. The van der Waals surface area contributed by atoms with Gasteiger partial charge in [-0.25, -0.2) is 4.39 Å². The molecule has 0 atom stereocenters. The lowest BCUT2D eigenvalue weighted by Gasteiger charge is -2.07. The normalized spacial score (nSPS) is 11.0. The first-order valence-electron chi connectivity index (χ1n) is 7.80. The minimum absolute atomic E-state index is 0.234. The molecule has 142 valence electrons. The number of benzene rings is 1. The van der Waals surface area contributed by atoms with E-state index in [4.69, 9.17) is 11.6 Å². The molecule has 3 rings (SSSR count). The summed E-state index contributed by atoms with van der Waals surface area (Å²) in [4.78, 5) is 12.7. The summed E-state index contributed by atoms with van der Waals surface area (Å²) in [5.41, 5.74) is 2.18. The van der Waals surface area contributed by atoms with Gasteiger partial charge in [-0.2, -0.15) is 9.47 Å². The Bertz CT molecular complexity index is 967. The topological polar surface area (TPSA) is 59.8 Å². The van der Waals surface area contributed by atoms with Crippen LogP contribution in [-0.4, -0.2) is 32.6 Å². The van der Waals surface area contributed by atoms with Crippen LogP contribution in [0.5, 0.6) is 0 Å². The smallest absolute Gasteiger partial charge is 0.261 e. The second kappa shape index (κ2) is 8.64. The number of aromatic nitrogens is 3. The third kappa shape index (κ3) is 4.48. The van der Waals surface area contributed by atoms with Gasteiger partial charge in [-0.3, -0.25) is 9.48 Å². The summed E-state index contributed by atoms with van der Waals surface area (Å²) in [6.07, 6.45) is 3.81. The van der Waals surface area contributed by atoms with E-state index in [1.54, 1.807) is 16.8 Å². The zero-order chi connectivity index (χ0) is 19.6. The molecule has 2 aromatic heterocycles. The van der Waals surface area contributed by atoms with Crippen LogP contribution in [0.25, 0.3) is 0 Å². The largest absolute Gasteiger partial charge is 0.305 e. The fourth-order valence-corrected chi connectivity index (χ4v) is 4.96. The highest BCUT2D eigenvalue weighted by atomic mass is 35.5. The van der Waals surface area contributed by atoms with E-state index < -0.39 is 0 Å². The Balaban J connectivity index is 1.80. The minimum Gasteiger partial charge on any atom is -0.305 e. The first kappa shape index (κ1) is 20.2. The molecule has 0 saturated heterocycles. The molecular formula is C17H16ClFN4OS3. The molecule has 1 N–H and O–H groups in total. The van der Waals surface area contributed by atoms with E-state index in [9.17, 15) is 9.18 Å². The fourth-order valence-electron chi connectivity index (χ4n) is 2.45. The SMILES string of the molecule is CSc1nsc(SC)c1C(=O)Nc1cc(C)n(Cc2ccc(F)cc2Cl)n1. The van der Waals surface area contributed by atoms with Crippen molar-refractivity contribution in [2.24, 2.45) is 0 Å². The van der Waals surface area contributed by atoms with E-state index in [0.717, 1.165) is 15.5 Å². The zero-order valence-electron chi connectivity index (χ0n) is 14.7. The average molecular weight is 443 g/mol. The number of anilines is 1.